The first-order chi connectivity index (χ1) is 7.83. The van der Waals surface area contributed by atoms with Crippen LogP contribution in [0.1, 0.15) is 12.8 Å². The number of hydrogen-bond donors (Lipinski definition) is 1. The van der Waals surface area contributed by atoms with Crippen LogP contribution in [0, 0.1) is 0 Å². The van der Waals surface area contributed by atoms with Crippen LogP contribution in [0.3, 0.4) is 0 Å². The van der Waals surface area contributed by atoms with Crippen molar-refractivity contribution >= 4 is 22.6 Å². The van der Waals surface area contributed by atoms with Gasteiger partial charge in [-0.3, -0.25) is 0 Å². The lowest BCUT2D eigenvalue weighted by Gasteiger charge is -2.11. The second-order valence-electron chi connectivity index (χ2n) is 4.33. The lowest BCUT2D eigenvalue weighted by Crippen LogP contribution is -2.26. The smallest absolute Gasteiger partial charge is 0.139 e. The monoisotopic (exact) mass is 235 g/mol. The summed E-state index contributed by atoms with van der Waals surface area (Å²) in [6, 6.07) is 4.62. The van der Waals surface area contributed by atoms with Crippen molar-refractivity contribution in [2.75, 3.05) is 6.54 Å². The van der Waals surface area contributed by atoms with Crippen molar-refractivity contribution in [2.45, 2.75) is 25.4 Å². The molecule has 0 aromatic carbocycles. The summed E-state index contributed by atoms with van der Waals surface area (Å²) in [7, 11) is 0. The summed E-state index contributed by atoms with van der Waals surface area (Å²) in [5, 5.41) is 5.31. The summed E-state index contributed by atoms with van der Waals surface area (Å²) in [5.74, 6) is 0. The predicted octanol–water partition coefficient (Wildman–Crippen LogP) is 2.44. The topological polar surface area (TPSA) is 29.9 Å². The van der Waals surface area contributed by atoms with E-state index in [9.17, 15) is 0 Å². The highest BCUT2D eigenvalue weighted by molar-refractivity contribution is 6.31. The Morgan fingerprint density at radius 1 is 1.56 bits per heavy atom. The van der Waals surface area contributed by atoms with Gasteiger partial charge in [0.2, 0.25) is 0 Å². The molecule has 16 heavy (non-hydrogen) atoms. The van der Waals surface area contributed by atoms with Crippen molar-refractivity contribution in [1.29, 1.82) is 0 Å². The lowest BCUT2D eigenvalue weighted by molar-refractivity contribution is 0.517. The predicted molar refractivity (Wildman–Crippen MR) is 65.8 cm³/mol. The van der Waals surface area contributed by atoms with Crippen molar-refractivity contribution in [1.82, 2.24) is 14.9 Å². The number of nitrogens with one attached hydrogen (secondary N) is 1. The van der Waals surface area contributed by atoms with Crippen LogP contribution >= 0.6 is 11.6 Å². The van der Waals surface area contributed by atoms with Gasteiger partial charge in [-0.05, 0) is 31.5 Å². The number of pyridine rings is 1. The fourth-order valence-corrected chi connectivity index (χ4v) is 2.51. The lowest BCUT2D eigenvalue weighted by atomic mass is 10.2. The van der Waals surface area contributed by atoms with Crippen LogP contribution in [-0.2, 0) is 6.54 Å². The van der Waals surface area contributed by atoms with E-state index in [1.54, 1.807) is 6.20 Å². The molecule has 84 valence electrons. The molecule has 1 atom stereocenters. The van der Waals surface area contributed by atoms with Crippen molar-refractivity contribution < 1.29 is 0 Å². The minimum atomic E-state index is 0.591. The van der Waals surface area contributed by atoms with Gasteiger partial charge in [0.15, 0.2) is 0 Å². The van der Waals surface area contributed by atoms with E-state index < -0.39 is 0 Å². The van der Waals surface area contributed by atoms with Gasteiger partial charge in [0.05, 0.1) is 5.02 Å². The van der Waals surface area contributed by atoms with Crippen LogP contribution < -0.4 is 5.32 Å². The fraction of sp³-hybridized carbons (Fsp3) is 0.417. The first-order valence-corrected chi connectivity index (χ1v) is 6.04. The second-order valence-corrected chi connectivity index (χ2v) is 4.76. The van der Waals surface area contributed by atoms with Crippen LogP contribution in [0.15, 0.2) is 24.5 Å². The fourth-order valence-electron chi connectivity index (χ4n) is 2.35. The molecular formula is C12H14ClN3. The Labute approximate surface area is 99.4 Å². The maximum atomic E-state index is 5.91. The van der Waals surface area contributed by atoms with Gasteiger partial charge >= 0.3 is 0 Å². The first-order valence-electron chi connectivity index (χ1n) is 5.67. The molecule has 2 aromatic heterocycles. The first kappa shape index (κ1) is 10.1. The molecule has 0 aliphatic carbocycles. The number of rotatable bonds is 2. The molecule has 3 nitrogen and oxygen atoms in total. The van der Waals surface area contributed by atoms with Gasteiger partial charge in [0, 0.05) is 30.4 Å². The average molecular weight is 236 g/mol. The minimum absolute atomic E-state index is 0.591. The molecular weight excluding hydrogens is 222 g/mol. The third-order valence-corrected chi connectivity index (χ3v) is 3.35. The Kier molecular flexibility index (Phi) is 2.58. The van der Waals surface area contributed by atoms with Gasteiger partial charge in [-0.2, -0.15) is 0 Å². The summed E-state index contributed by atoms with van der Waals surface area (Å²) >= 11 is 5.91. The van der Waals surface area contributed by atoms with Gasteiger partial charge < -0.3 is 9.88 Å². The molecule has 1 saturated heterocycles. The normalized spacial score (nSPS) is 20.7. The van der Waals surface area contributed by atoms with E-state index >= 15 is 0 Å². The molecule has 0 radical (unpaired) electrons. The maximum Gasteiger partial charge on any atom is 0.139 e. The average Bonchev–Trinajstić information content (AvgIpc) is 2.89. The van der Waals surface area contributed by atoms with Gasteiger partial charge in [-0.15, -0.1) is 0 Å². The summed E-state index contributed by atoms with van der Waals surface area (Å²) in [6.45, 7) is 2.14. The van der Waals surface area contributed by atoms with E-state index in [1.807, 2.05) is 6.07 Å². The molecule has 3 rings (SSSR count). The van der Waals surface area contributed by atoms with E-state index in [0.717, 1.165) is 24.1 Å². The molecule has 2 aromatic rings. The number of nitrogens with zero attached hydrogens (tertiary/aromatic N) is 2. The van der Waals surface area contributed by atoms with Gasteiger partial charge in [0.25, 0.3) is 0 Å². The van der Waals surface area contributed by atoms with E-state index in [0.29, 0.717) is 11.1 Å². The molecule has 0 saturated carbocycles. The molecule has 0 spiro atoms. The van der Waals surface area contributed by atoms with Crippen LogP contribution in [0.5, 0.6) is 0 Å². The summed E-state index contributed by atoms with van der Waals surface area (Å²) < 4.78 is 2.20. The Balaban J connectivity index is 1.91. The molecule has 0 bridgehead atoms. The standard InChI is InChI=1S/C12H14ClN3/c13-10-6-9-3-5-16(12(9)15-7-10)8-11-2-1-4-14-11/h3,5-7,11,14H,1-2,4,8H2. The quantitative estimate of drug-likeness (QED) is 0.867. The van der Waals surface area contributed by atoms with Gasteiger partial charge in [-0.25, -0.2) is 4.98 Å². The molecule has 1 unspecified atom stereocenters. The van der Waals surface area contributed by atoms with Crippen LogP contribution in [0.2, 0.25) is 5.02 Å². The summed E-state index contributed by atoms with van der Waals surface area (Å²) in [6.07, 6.45) is 6.34. The highest BCUT2D eigenvalue weighted by Crippen LogP contribution is 2.19. The molecule has 1 aliphatic rings. The third-order valence-electron chi connectivity index (χ3n) is 3.15. The molecule has 1 N–H and O–H groups in total. The van der Waals surface area contributed by atoms with Crippen molar-refractivity contribution in [3.05, 3.63) is 29.5 Å². The zero-order chi connectivity index (χ0) is 11.0. The molecule has 0 amide bonds. The number of fused-ring (bicyclic) bond motifs is 1. The largest absolute Gasteiger partial charge is 0.331 e. The van der Waals surface area contributed by atoms with E-state index in [1.165, 1.54) is 12.8 Å². The number of halogens is 1. The SMILES string of the molecule is Clc1cnc2c(ccn2CC2CCCN2)c1. The summed E-state index contributed by atoms with van der Waals surface area (Å²) in [4.78, 5) is 4.39. The number of hydrogen-bond acceptors (Lipinski definition) is 2. The molecule has 3 heterocycles. The molecule has 1 aliphatic heterocycles. The minimum Gasteiger partial charge on any atom is -0.331 e. The van der Waals surface area contributed by atoms with Crippen LogP contribution in [0.25, 0.3) is 11.0 Å². The Morgan fingerprint density at radius 2 is 2.50 bits per heavy atom. The van der Waals surface area contributed by atoms with Crippen molar-refractivity contribution in [3.63, 3.8) is 0 Å². The van der Waals surface area contributed by atoms with Crippen molar-refractivity contribution in [2.24, 2.45) is 0 Å². The van der Waals surface area contributed by atoms with Gasteiger partial charge in [0.1, 0.15) is 5.65 Å². The van der Waals surface area contributed by atoms with E-state index in [-0.39, 0.29) is 0 Å². The van der Waals surface area contributed by atoms with E-state index in [2.05, 4.69) is 27.1 Å². The van der Waals surface area contributed by atoms with Crippen molar-refractivity contribution in [3.8, 4) is 0 Å². The van der Waals surface area contributed by atoms with Gasteiger partial charge in [-0.1, -0.05) is 11.6 Å². The van der Waals surface area contributed by atoms with Crippen LogP contribution in [0.4, 0.5) is 0 Å². The number of aromatic nitrogens is 2. The zero-order valence-corrected chi connectivity index (χ0v) is 9.74. The molecule has 4 heteroatoms. The second kappa shape index (κ2) is 4.07. The van der Waals surface area contributed by atoms with E-state index in [4.69, 9.17) is 11.6 Å². The Bertz CT molecular complexity index is 500. The Hall–Kier alpha value is -1.06. The van der Waals surface area contributed by atoms with Crippen LogP contribution in [-0.4, -0.2) is 22.1 Å². The Morgan fingerprint density at radius 3 is 3.31 bits per heavy atom. The maximum absolute atomic E-state index is 5.91. The third kappa shape index (κ3) is 1.81. The zero-order valence-electron chi connectivity index (χ0n) is 8.99. The highest BCUT2D eigenvalue weighted by Gasteiger charge is 2.15. The molecule has 1 fully saturated rings. The summed E-state index contributed by atoms with van der Waals surface area (Å²) in [5.41, 5.74) is 1.03. The highest BCUT2D eigenvalue weighted by atomic mass is 35.5.